The van der Waals surface area contributed by atoms with Crippen LogP contribution in [-0.2, 0) is 0 Å². The first-order valence-corrected chi connectivity index (χ1v) is 6.96. The zero-order chi connectivity index (χ0) is 14.0. The van der Waals surface area contributed by atoms with Crippen molar-refractivity contribution in [1.29, 1.82) is 0 Å². The molecule has 1 saturated heterocycles. The van der Waals surface area contributed by atoms with Crippen LogP contribution < -0.4 is 5.73 Å². The van der Waals surface area contributed by atoms with Gasteiger partial charge in [0.2, 0.25) is 0 Å². The molecule has 1 aliphatic rings. The number of aryl methyl sites for hydroxylation is 1. The SMILES string of the molecule is Cc1ccc(O)c(C(C)N2CCN(C)CC2CN)c1. The second-order valence-corrected chi connectivity index (χ2v) is 5.63. The van der Waals surface area contributed by atoms with Crippen LogP contribution in [0, 0.1) is 6.92 Å². The quantitative estimate of drug-likeness (QED) is 0.864. The van der Waals surface area contributed by atoms with E-state index in [4.69, 9.17) is 5.73 Å². The summed E-state index contributed by atoms with van der Waals surface area (Å²) >= 11 is 0. The Kier molecular flexibility index (Phi) is 4.45. The molecule has 1 fully saturated rings. The summed E-state index contributed by atoms with van der Waals surface area (Å²) in [5, 5.41) is 10.1. The topological polar surface area (TPSA) is 52.7 Å². The maximum Gasteiger partial charge on any atom is 0.120 e. The van der Waals surface area contributed by atoms with Gasteiger partial charge in [-0.3, -0.25) is 4.90 Å². The first-order chi connectivity index (χ1) is 9.02. The molecular weight excluding hydrogens is 238 g/mol. The van der Waals surface area contributed by atoms with Crippen LogP contribution >= 0.6 is 0 Å². The van der Waals surface area contributed by atoms with Crippen molar-refractivity contribution in [2.75, 3.05) is 33.2 Å². The highest BCUT2D eigenvalue weighted by Crippen LogP contribution is 2.31. The summed E-state index contributed by atoms with van der Waals surface area (Å²) in [5.74, 6) is 0.382. The summed E-state index contributed by atoms with van der Waals surface area (Å²) in [6.07, 6.45) is 0. The van der Waals surface area contributed by atoms with Crippen LogP contribution in [0.4, 0.5) is 0 Å². The Morgan fingerprint density at radius 2 is 2.16 bits per heavy atom. The van der Waals surface area contributed by atoms with Crippen molar-refractivity contribution >= 4 is 0 Å². The summed E-state index contributed by atoms with van der Waals surface area (Å²) < 4.78 is 0. The third-order valence-electron chi connectivity index (χ3n) is 4.13. The van der Waals surface area contributed by atoms with Crippen molar-refractivity contribution in [2.24, 2.45) is 5.73 Å². The van der Waals surface area contributed by atoms with Gasteiger partial charge in [0.15, 0.2) is 0 Å². The molecule has 0 saturated carbocycles. The predicted octanol–water partition coefficient (Wildman–Crippen LogP) is 1.34. The van der Waals surface area contributed by atoms with Crippen LogP contribution in [0.2, 0.25) is 0 Å². The van der Waals surface area contributed by atoms with E-state index in [0.717, 1.165) is 25.2 Å². The van der Waals surface area contributed by atoms with E-state index < -0.39 is 0 Å². The van der Waals surface area contributed by atoms with Crippen molar-refractivity contribution in [1.82, 2.24) is 9.80 Å². The van der Waals surface area contributed by atoms with Gasteiger partial charge in [-0.15, -0.1) is 0 Å². The molecule has 0 amide bonds. The Morgan fingerprint density at radius 3 is 2.84 bits per heavy atom. The van der Waals surface area contributed by atoms with Gasteiger partial charge in [0.25, 0.3) is 0 Å². The molecule has 4 nitrogen and oxygen atoms in total. The molecule has 0 aliphatic carbocycles. The van der Waals surface area contributed by atoms with Gasteiger partial charge in [-0.25, -0.2) is 0 Å². The van der Waals surface area contributed by atoms with E-state index in [9.17, 15) is 5.11 Å². The fourth-order valence-corrected chi connectivity index (χ4v) is 2.93. The van der Waals surface area contributed by atoms with E-state index in [2.05, 4.69) is 36.8 Å². The van der Waals surface area contributed by atoms with Crippen LogP contribution in [0.1, 0.15) is 24.1 Å². The maximum atomic E-state index is 10.1. The minimum atomic E-state index is 0.196. The van der Waals surface area contributed by atoms with Crippen molar-refractivity contribution < 1.29 is 5.11 Å². The number of hydrogen-bond acceptors (Lipinski definition) is 4. The van der Waals surface area contributed by atoms with Crippen molar-refractivity contribution in [3.63, 3.8) is 0 Å². The van der Waals surface area contributed by atoms with E-state index in [1.165, 1.54) is 5.56 Å². The van der Waals surface area contributed by atoms with Crippen molar-refractivity contribution in [3.8, 4) is 5.75 Å². The summed E-state index contributed by atoms with van der Waals surface area (Å²) in [6, 6.07) is 6.35. The summed E-state index contributed by atoms with van der Waals surface area (Å²) in [5.41, 5.74) is 8.09. The standard InChI is InChI=1S/C15H25N3O/c1-11-4-5-15(19)14(8-11)12(2)18-7-6-17(3)10-13(18)9-16/h4-5,8,12-13,19H,6-7,9-10,16H2,1-3H3. The molecule has 19 heavy (non-hydrogen) atoms. The Hall–Kier alpha value is -1.10. The van der Waals surface area contributed by atoms with Crippen LogP contribution in [0.25, 0.3) is 0 Å². The Balaban J connectivity index is 2.22. The van der Waals surface area contributed by atoms with E-state index in [1.54, 1.807) is 6.07 Å². The highest BCUT2D eigenvalue weighted by Gasteiger charge is 2.29. The van der Waals surface area contributed by atoms with E-state index in [0.29, 0.717) is 18.3 Å². The second-order valence-electron chi connectivity index (χ2n) is 5.63. The molecule has 106 valence electrons. The second kappa shape index (κ2) is 5.90. The first kappa shape index (κ1) is 14.3. The number of nitrogens with zero attached hydrogens (tertiary/aromatic N) is 2. The lowest BCUT2D eigenvalue weighted by atomic mass is 10.00. The molecule has 0 bridgehead atoms. The van der Waals surface area contributed by atoms with Gasteiger partial charge >= 0.3 is 0 Å². The van der Waals surface area contributed by atoms with E-state index in [-0.39, 0.29) is 6.04 Å². The van der Waals surface area contributed by atoms with Crippen LogP contribution in [-0.4, -0.2) is 54.2 Å². The summed E-state index contributed by atoms with van der Waals surface area (Å²) in [7, 11) is 2.13. The van der Waals surface area contributed by atoms with Crippen molar-refractivity contribution in [2.45, 2.75) is 25.9 Å². The lowest BCUT2D eigenvalue weighted by Crippen LogP contribution is -2.55. The zero-order valence-electron chi connectivity index (χ0n) is 12.1. The largest absolute Gasteiger partial charge is 0.508 e. The molecule has 0 spiro atoms. The highest BCUT2D eigenvalue weighted by molar-refractivity contribution is 5.37. The van der Waals surface area contributed by atoms with E-state index >= 15 is 0 Å². The van der Waals surface area contributed by atoms with Gasteiger partial charge in [-0.05, 0) is 27.0 Å². The van der Waals surface area contributed by atoms with Crippen molar-refractivity contribution in [3.05, 3.63) is 29.3 Å². The smallest absolute Gasteiger partial charge is 0.120 e. The number of likely N-dealkylation sites (N-methyl/N-ethyl adjacent to an activating group) is 1. The summed E-state index contributed by atoms with van der Waals surface area (Å²) in [4.78, 5) is 4.73. The first-order valence-electron chi connectivity index (χ1n) is 6.96. The molecule has 4 heteroatoms. The number of rotatable bonds is 3. The van der Waals surface area contributed by atoms with Gasteiger partial charge < -0.3 is 15.7 Å². The normalized spacial score (nSPS) is 23.5. The van der Waals surface area contributed by atoms with E-state index in [1.807, 2.05) is 6.07 Å². The van der Waals surface area contributed by atoms with Gasteiger partial charge in [-0.2, -0.15) is 0 Å². The molecule has 2 atom stereocenters. The van der Waals surface area contributed by atoms with Crippen LogP contribution in [0.3, 0.4) is 0 Å². The number of benzene rings is 1. The fourth-order valence-electron chi connectivity index (χ4n) is 2.93. The monoisotopic (exact) mass is 263 g/mol. The minimum Gasteiger partial charge on any atom is -0.508 e. The molecule has 2 rings (SSSR count). The molecule has 1 aromatic carbocycles. The van der Waals surface area contributed by atoms with Gasteiger partial charge in [0, 0.05) is 43.8 Å². The molecule has 0 aromatic heterocycles. The fraction of sp³-hybridized carbons (Fsp3) is 0.600. The number of hydrogen-bond donors (Lipinski definition) is 2. The number of nitrogens with two attached hydrogens (primary N) is 1. The average molecular weight is 263 g/mol. The van der Waals surface area contributed by atoms with Crippen LogP contribution in [0.15, 0.2) is 18.2 Å². The van der Waals surface area contributed by atoms with Gasteiger partial charge in [-0.1, -0.05) is 17.7 Å². The Bertz CT molecular complexity index is 435. The molecule has 0 radical (unpaired) electrons. The molecule has 1 heterocycles. The molecular formula is C15H25N3O. The van der Waals surface area contributed by atoms with Gasteiger partial charge in [0.05, 0.1) is 0 Å². The van der Waals surface area contributed by atoms with Crippen LogP contribution in [0.5, 0.6) is 5.75 Å². The molecule has 1 aromatic rings. The summed E-state index contributed by atoms with van der Waals surface area (Å²) in [6.45, 7) is 7.90. The maximum absolute atomic E-state index is 10.1. The minimum absolute atomic E-state index is 0.196. The average Bonchev–Trinajstić information content (AvgIpc) is 2.40. The number of phenolic OH excluding ortho intramolecular Hbond substituents is 1. The number of phenols is 1. The Labute approximate surface area is 115 Å². The lowest BCUT2D eigenvalue weighted by Gasteiger charge is -2.43. The lowest BCUT2D eigenvalue weighted by molar-refractivity contribution is 0.0612. The molecule has 2 unspecified atom stereocenters. The zero-order valence-corrected chi connectivity index (χ0v) is 12.1. The van der Waals surface area contributed by atoms with Gasteiger partial charge in [0.1, 0.15) is 5.75 Å². The highest BCUT2D eigenvalue weighted by atomic mass is 16.3. The number of aromatic hydroxyl groups is 1. The predicted molar refractivity (Wildman–Crippen MR) is 78.3 cm³/mol. The molecule has 3 N–H and O–H groups in total. The third kappa shape index (κ3) is 3.08. The Morgan fingerprint density at radius 1 is 1.42 bits per heavy atom. The number of piperazine rings is 1. The third-order valence-corrected chi connectivity index (χ3v) is 4.13. The molecule has 1 aliphatic heterocycles.